The number of carboxylic acids is 1. The van der Waals surface area contributed by atoms with Crippen molar-refractivity contribution in [3.63, 3.8) is 0 Å². The van der Waals surface area contributed by atoms with E-state index in [9.17, 15) is 9.59 Å². The maximum atomic E-state index is 11.9. The van der Waals surface area contributed by atoms with E-state index in [0.717, 1.165) is 0 Å². The molecule has 0 atom stereocenters. The van der Waals surface area contributed by atoms with Gasteiger partial charge in [0.25, 0.3) is 0 Å². The molecule has 0 unspecified atom stereocenters. The second-order valence-corrected chi connectivity index (χ2v) is 3.94. The van der Waals surface area contributed by atoms with Crippen LogP contribution in [0.5, 0.6) is 5.75 Å². The van der Waals surface area contributed by atoms with Gasteiger partial charge in [-0.1, -0.05) is 6.07 Å². The van der Waals surface area contributed by atoms with E-state index in [4.69, 9.17) is 14.9 Å². The number of likely N-dealkylation sites (N-methyl/N-ethyl adjacent to an activating group) is 1. The van der Waals surface area contributed by atoms with E-state index in [0.29, 0.717) is 18.0 Å². The van der Waals surface area contributed by atoms with E-state index < -0.39 is 12.6 Å². The number of aliphatic hydroxyl groups is 1. The number of anilines is 1. The van der Waals surface area contributed by atoms with Crippen molar-refractivity contribution >= 4 is 17.7 Å². The van der Waals surface area contributed by atoms with Gasteiger partial charge in [-0.05, 0) is 19.1 Å². The van der Waals surface area contributed by atoms with Gasteiger partial charge in [0.1, 0.15) is 5.75 Å². The molecule has 0 fully saturated rings. The summed E-state index contributed by atoms with van der Waals surface area (Å²) >= 11 is 0. The number of hydrogen-bond donors (Lipinski definition) is 3. The first-order valence-electron chi connectivity index (χ1n) is 6.18. The number of aliphatic hydroxyl groups excluding tert-OH is 1. The van der Waals surface area contributed by atoms with Crippen molar-refractivity contribution in [1.29, 1.82) is 0 Å². The van der Waals surface area contributed by atoms with Gasteiger partial charge in [-0.3, -0.25) is 0 Å². The molecule has 7 nitrogen and oxygen atoms in total. The topological polar surface area (TPSA) is 99.1 Å². The van der Waals surface area contributed by atoms with Gasteiger partial charge >= 0.3 is 12.0 Å². The number of nitrogens with one attached hydrogen (secondary N) is 1. The third-order valence-electron chi connectivity index (χ3n) is 2.49. The van der Waals surface area contributed by atoms with Crippen LogP contribution in [0.3, 0.4) is 0 Å². The summed E-state index contributed by atoms with van der Waals surface area (Å²) in [5.41, 5.74) is 0.495. The van der Waals surface area contributed by atoms with Crippen LogP contribution in [0.2, 0.25) is 0 Å². The lowest BCUT2D eigenvalue weighted by Gasteiger charge is -2.20. The molecule has 0 saturated heterocycles. The molecule has 0 aromatic heterocycles. The molecule has 0 aliphatic carbocycles. The van der Waals surface area contributed by atoms with Crippen LogP contribution in [-0.4, -0.2) is 53.4 Å². The highest BCUT2D eigenvalue weighted by molar-refractivity contribution is 5.89. The number of rotatable bonds is 7. The van der Waals surface area contributed by atoms with E-state index in [1.54, 1.807) is 18.2 Å². The van der Waals surface area contributed by atoms with Gasteiger partial charge in [-0.15, -0.1) is 0 Å². The van der Waals surface area contributed by atoms with Crippen LogP contribution in [0.25, 0.3) is 0 Å². The van der Waals surface area contributed by atoms with Crippen LogP contribution in [0, 0.1) is 0 Å². The van der Waals surface area contributed by atoms with E-state index in [1.807, 2.05) is 6.92 Å². The number of benzene rings is 1. The van der Waals surface area contributed by atoms with Gasteiger partial charge in [0.15, 0.2) is 6.61 Å². The lowest BCUT2D eigenvalue weighted by molar-refractivity contribution is -0.139. The molecule has 1 aromatic carbocycles. The Kier molecular flexibility index (Phi) is 6.31. The molecular formula is C13H18N2O5. The fraction of sp³-hybridized carbons (Fsp3) is 0.385. The Morgan fingerprint density at radius 3 is 2.75 bits per heavy atom. The first kappa shape index (κ1) is 15.8. The van der Waals surface area contributed by atoms with Gasteiger partial charge in [0.2, 0.25) is 0 Å². The highest BCUT2D eigenvalue weighted by Gasteiger charge is 2.11. The number of ether oxygens (including phenoxy) is 1. The first-order chi connectivity index (χ1) is 9.56. The van der Waals surface area contributed by atoms with Crippen LogP contribution in [-0.2, 0) is 4.79 Å². The van der Waals surface area contributed by atoms with Crippen molar-refractivity contribution in [3.8, 4) is 5.75 Å². The Bertz CT molecular complexity index is 464. The molecule has 7 heteroatoms. The monoisotopic (exact) mass is 282 g/mol. The van der Waals surface area contributed by atoms with E-state index in [-0.39, 0.29) is 19.2 Å². The van der Waals surface area contributed by atoms with Crippen LogP contribution < -0.4 is 10.1 Å². The van der Waals surface area contributed by atoms with E-state index in [1.165, 1.54) is 11.0 Å². The van der Waals surface area contributed by atoms with Crippen molar-refractivity contribution in [2.24, 2.45) is 0 Å². The number of carbonyl (C=O) groups is 2. The third kappa shape index (κ3) is 5.15. The molecule has 0 saturated carbocycles. The van der Waals surface area contributed by atoms with Crippen molar-refractivity contribution in [2.45, 2.75) is 6.92 Å². The summed E-state index contributed by atoms with van der Waals surface area (Å²) in [6, 6.07) is 6.11. The summed E-state index contributed by atoms with van der Waals surface area (Å²) in [5, 5.41) is 20.0. The van der Waals surface area contributed by atoms with E-state index >= 15 is 0 Å². The van der Waals surface area contributed by atoms with Crippen molar-refractivity contribution < 1.29 is 24.5 Å². The number of amides is 2. The molecule has 0 bridgehead atoms. The zero-order valence-corrected chi connectivity index (χ0v) is 11.2. The molecule has 110 valence electrons. The minimum Gasteiger partial charge on any atom is -0.482 e. The zero-order valence-electron chi connectivity index (χ0n) is 11.2. The first-order valence-corrected chi connectivity index (χ1v) is 6.18. The minimum atomic E-state index is -1.07. The summed E-state index contributed by atoms with van der Waals surface area (Å²) in [6.45, 7) is 1.98. The Hall–Kier alpha value is -2.28. The molecule has 0 aliphatic rings. The van der Waals surface area contributed by atoms with Gasteiger partial charge in [0, 0.05) is 24.8 Å². The quantitative estimate of drug-likeness (QED) is 0.692. The van der Waals surface area contributed by atoms with Gasteiger partial charge in [0.05, 0.1) is 6.61 Å². The number of carbonyl (C=O) groups excluding carboxylic acids is 1. The molecule has 0 spiro atoms. The second kappa shape index (κ2) is 8.00. The fourth-order valence-corrected chi connectivity index (χ4v) is 1.54. The number of nitrogens with zero attached hydrogens (tertiary/aromatic N) is 1. The average molecular weight is 282 g/mol. The highest BCUT2D eigenvalue weighted by atomic mass is 16.5. The number of aliphatic carboxylic acids is 1. The molecule has 1 rings (SSSR count). The largest absolute Gasteiger partial charge is 0.482 e. The number of urea groups is 1. The fourth-order valence-electron chi connectivity index (χ4n) is 1.54. The Labute approximate surface area is 116 Å². The molecule has 1 aromatic rings. The zero-order chi connectivity index (χ0) is 15.0. The number of carboxylic acid groups (broad SMARTS) is 1. The highest BCUT2D eigenvalue weighted by Crippen LogP contribution is 2.17. The summed E-state index contributed by atoms with van der Waals surface area (Å²) in [7, 11) is 0. The minimum absolute atomic E-state index is 0.108. The Morgan fingerprint density at radius 2 is 2.15 bits per heavy atom. The van der Waals surface area contributed by atoms with Crippen molar-refractivity contribution in [1.82, 2.24) is 4.90 Å². The summed E-state index contributed by atoms with van der Waals surface area (Å²) in [5.74, 6) is -0.713. The molecular weight excluding hydrogens is 264 g/mol. The molecule has 0 radical (unpaired) electrons. The van der Waals surface area contributed by atoms with Gasteiger partial charge in [-0.25, -0.2) is 9.59 Å². The summed E-state index contributed by atoms with van der Waals surface area (Å²) in [4.78, 5) is 23.7. The molecule has 20 heavy (non-hydrogen) atoms. The predicted molar refractivity (Wildman–Crippen MR) is 72.9 cm³/mol. The number of hydrogen-bond acceptors (Lipinski definition) is 4. The van der Waals surface area contributed by atoms with Crippen LogP contribution in [0.15, 0.2) is 24.3 Å². The average Bonchev–Trinajstić information content (AvgIpc) is 2.42. The summed E-state index contributed by atoms with van der Waals surface area (Å²) < 4.78 is 5.02. The lowest BCUT2D eigenvalue weighted by Crippen LogP contribution is -2.36. The molecule has 0 heterocycles. The van der Waals surface area contributed by atoms with Gasteiger partial charge < -0.3 is 25.2 Å². The van der Waals surface area contributed by atoms with Crippen LogP contribution in [0.4, 0.5) is 10.5 Å². The van der Waals surface area contributed by atoms with Gasteiger partial charge in [-0.2, -0.15) is 0 Å². The predicted octanol–water partition coefficient (Wildman–Crippen LogP) is 0.996. The third-order valence-corrected chi connectivity index (χ3v) is 2.49. The smallest absolute Gasteiger partial charge is 0.341 e. The molecule has 2 amide bonds. The van der Waals surface area contributed by atoms with Crippen LogP contribution in [0.1, 0.15) is 6.92 Å². The molecule has 3 N–H and O–H groups in total. The van der Waals surface area contributed by atoms with Crippen molar-refractivity contribution in [2.75, 3.05) is 31.6 Å². The second-order valence-electron chi connectivity index (χ2n) is 3.94. The molecule has 0 aliphatic heterocycles. The van der Waals surface area contributed by atoms with Crippen LogP contribution >= 0.6 is 0 Å². The SMILES string of the molecule is CCN(CCO)C(=O)Nc1cccc(OCC(=O)O)c1. The Morgan fingerprint density at radius 1 is 1.40 bits per heavy atom. The lowest BCUT2D eigenvalue weighted by atomic mass is 10.3. The standard InChI is InChI=1S/C13H18N2O5/c1-2-15(6-7-16)13(19)14-10-4-3-5-11(8-10)20-9-12(17)18/h3-5,8,16H,2,6-7,9H2,1H3,(H,14,19)(H,17,18). The van der Waals surface area contributed by atoms with Crippen molar-refractivity contribution in [3.05, 3.63) is 24.3 Å². The van der Waals surface area contributed by atoms with E-state index in [2.05, 4.69) is 5.32 Å². The Balaban J connectivity index is 2.65. The maximum absolute atomic E-state index is 11.9. The normalized spacial score (nSPS) is 9.90. The summed E-state index contributed by atoms with van der Waals surface area (Å²) in [6.07, 6.45) is 0. The maximum Gasteiger partial charge on any atom is 0.341 e.